The number of aromatic nitrogens is 3. The first-order chi connectivity index (χ1) is 12.1. The molecule has 0 unspecified atom stereocenters. The highest BCUT2D eigenvalue weighted by molar-refractivity contribution is 7.99. The Morgan fingerprint density at radius 3 is 2.64 bits per heavy atom. The minimum Gasteiger partial charge on any atom is -0.342 e. The summed E-state index contributed by atoms with van der Waals surface area (Å²) in [7, 11) is 1.87. The Bertz CT molecular complexity index is 727. The van der Waals surface area contributed by atoms with Gasteiger partial charge in [-0.15, -0.1) is 10.2 Å². The number of rotatable bonds is 5. The van der Waals surface area contributed by atoms with Crippen LogP contribution in [0.5, 0.6) is 0 Å². The topological polar surface area (TPSA) is 77.0 Å². The van der Waals surface area contributed by atoms with Crippen molar-refractivity contribution < 1.29 is 9.18 Å². The van der Waals surface area contributed by atoms with Crippen LogP contribution in [0.1, 0.15) is 32.1 Å². The lowest BCUT2D eigenvalue weighted by Crippen LogP contribution is -2.39. The van der Waals surface area contributed by atoms with Crippen LogP contribution in [0.4, 0.5) is 4.39 Å². The number of nitrogens with two attached hydrogens (primary N) is 1. The van der Waals surface area contributed by atoms with E-state index < -0.39 is 0 Å². The van der Waals surface area contributed by atoms with E-state index in [0.717, 1.165) is 12.8 Å². The van der Waals surface area contributed by atoms with E-state index in [1.54, 1.807) is 12.1 Å². The SMILES string of the molecule is CN(C(=O)CSc1nnc(-c2ccc(F)cc2)n1N)C1CCCCC1. The van der Waals surface area contributed by atoms with Crippen molar-refractivity contribution in [3.8, 4) is 11.4 Å². The molecule has 0 radical (unpaired) electrons. The zero-order valence-electron chi connectivity index (χ0n) is 14.2. The molecule has 134 valence electrons. The smallest absolute Gasteiger partial charge is 0.233 e. The molecule has 1 saturated carbocycles. The Hall–Kier alpha value is -2.09. The zero-order valence-corrected chi connectivity index (χ0v) is 15.0. The predicted molar refractivity (Wildman–Crippen MR) is 95.9 cm³/mol. The van der Waals surface area contributed by atoms with Gasteiger partial charge in [0.15, 0.2) is 5.82 Å². The van der Waals surface area contributed by atoms with Gasteiger partial charge in [-0.05, 0) is 37.1 Å². The van der Waals surface area contributed by atoms with Gasteiger partial charge in [-0.2, -0.15) is 0 Å². The summed E-state index contributed by atoms with van der Waals surface area (Å²) in [5.41, 5.74) is 0.675. The molecule has 1 amide bonds. The summed E-state index contributed by atoms with van der Waals surface area (Å²) in [5.74, 6) is 6.49. The van der Waals surface area contributed by atoms with Gasteiger partial charge in [0, 0.05) is 18.7 Å². The van der Waals surface area contributed by atoms with Crippen molar-refractivity contribution in [1.82, 2.24) is 19.8 Å². The molecule has 1 aromatic heterocycles. The van der Waals surface area contributed by atoms with Gasteiger partial charge >= 0.3 is 0 Å². The molecule has 1 aliphatic rings. The number of nitrogen functional groups attached to an aromatic ring is 1. The zero-order chi connectivity index (χ0) is 17.8. The van der Waals surface area contributed by atoms with Crippen molar-refractivity contribution in [3.05, 3.63) is 30.1 Å². The summed E-state index contributed by atoms with van der Waals surface area (Å²) >= 11 is 1.27. The number of hydrogen-bond acceptors (Lipinski definition) is 5. The molecule has 1 aromatic carbocycles. The Balaban J connectivity index is 1.61. The van der Waals surface area contributed by atoms with Crippen molar-refractivity contribution in [2.75, 3.05) is 18.6 Å². The highest BCUT2D eigenvalue weighted by atomic mass is 32.2. The van der Waals surface area contributed by atoms with E-state index in [-0.39, 0.29) is 17.5 Å². The maximum absolute atomic E-state index is 13.0. The van der Waals surface area contributed by atoms with E-state index in [9.17, 15) is 9.18 Å². The molecule has 2 aromatic rings. The maximum Gasteiger partial charge on any atom is 0.233 e. The molecule has 3 rings (SSSR count). The molecule has 2 N–H and O–H groups in total. The van der Waals surface area contributed by atoms with Gasteiger partial charge in [0.2, 0.25) is 11.1 Å². The Morgan fingerprint density at radius 1 is 1.28 bits per heavy atom. The normalized spacial score (nSPS) is 15.3. The lowest BCUT2D eigenvalue weighted by molar-refractivity contribution is -0.129. The van der Waals surface area contributed by atoms with E-state index in [4.69, 9.17) is 5.84 Å². The van der Waals surface area contributed by atoms with Crippen molar-refractivity contribution in [3.63, 3.8) is 0 Å². The monoisotopic (exact) mass is 363 g/mol. The summed E-state index contributed by atoms with van der Waals surface area (Å²) in [6.07, 6.45) is 5.79. The van der Waals surface area contributed by atoms with Gasteiger partial charge < -0.3 is 10.7 Å². The summed E-state index contributed by atoms with van der Waals surface area (Å²) < 4.78 is 14.4. The highest BCUT2D eigenvalue weighted by Crippen LogP contribution is 2.24. The second kappa shape index (κ2) is 7.86. The third kappa shape index (κ3) is 4.12. The van der Waals surface area contributed by atoms with E-state index in [2.05, 4.69) is 10.2 Å². The standard InChI is InChI=1S/C17H22FN5OS/c1-22(14-5-3-2-4-6-14)15(24)11-25-17-21-20-16(23(17)19)12-7-9-13(18)10-8-12/h7-10,14H,2-6,11,19H2,1H3. The van der Waals surface area contributed by atoms with Gasteiger partial charge in [-0.3, -0.25) is 4.79 Å². The second-order valence-corrected chi connectivity index (χ2v) is 7.21. The molecule has 1 heterocycles. The lowest BCUT2D eigenvalue weighted by atomic mass is 9.94. The number of nitrogens with zero attached hydrogens (tertiary/aromatic N) is 4. The van der Waals surface area contributed by atoms with E-state index >= 15 is 0 Å². The Morgan fingerprint density at radius 2 is 1.96 bits per heavy atom. The number of amides is 1. The number of carbonyl (C=O) groups excluding carboxylic acids is 1. The number of carbonyl (C=O) groups is 1. The third-order valence-electron chi connectivity index (χ3n) is 4.61. The number of thioether (sulfide) groups is 1. The fraction of sp³-hybridized carbons (Fsp3) is 0.471. The van der Waals surface area contributed by atoms with Crippen LogP contribution >= 0.6 is 11.8 Å². The predicted octanol–water partition coefficient (Wildman–Crippen LogP) is 2.68. The average Bonchev–Trinajstić information content (AvgIpc) is 3.01. The highest BCUT2D eigenvalue weighted by Gasteiger charge is 2.23. The van der Waals surface area contributed by atoms with Crippen molar-refractivity contribution in [2.24, 2.45) is 0 Å². The second-order valence-electron chi connectivity index (χ2n) is 6.27. The summed E-state index contributed by atoms with van der Waals surface area (Å²) in [4.78, 5) is 14.3. The summed E-state index contributed by atoms with van der Waals surface area (Å²) in [6.45, 7) is 0. The van der Waals surface area contributed by atoms with Crippen molar-refractivity contribution in [1.29, 1.82) is 0 Å². The molecule has 0 spiro atoms. The summed E-state index contributed by atoms with van der Waals surface area (Å²) in [6, 6.07) is 6.23. The van der Waals surface area contributed by atoms with Gasteiger partial charge in [0.05, 0.1) is 5.75 Å². The number of benzene rings is 1. The number of hydrogen-bond donors (Lipinski definition) is 1. The molecule has 0 aliphatic heterocycles. The van der Waals surface area contributed by atoms with E-state index in [0.29, 0.717) is 22.6 Å². The maximum atomic E-state index is 13.0. The minimum absolute atomic E-state index is 0.0724. The fourth-order valence-corrected chi connectivity index (χ4v) is 3.85. The van der Waals surface area contributed by atoms with Crippen molar-refractivity contribution in [2.45, 2.75) is 43.3 Å². The molecule has 1 fully saturated rings. The Labute approximate surface area is 150 Å². The fourth-order valence-electron chi connectivity index (χ4n) is 3.07. The molecular formula is C17H22FN5OS. The van der Waals surface area contributed by atoms with Gasteiger partial charge in [-0.1, -0.05) is 31.0 Å². The largest absolute Gasteiger partial charge is 0.342 e. The molecule has 0 saturated heterocycles. The first-order valence-electron chi connectivity index (χ1n) is 8.41. The van der Waals surface area contributed by atoms with E-state index in [1.807, 2.05) is 11.9 Å². The molecule has 25 heavy (non-hydrogen) atoms. The number of halogens is 1. The molecule has 1 aliphatic carbocycles. The lowest BCUT2D eigenvalue weighted by Gasteiger charge is -2.31. The van der Waals surface area contributed by atoms with Gasteiger partial charge in [-0.25, -0.2) is 9.07 Å². The first kappa shape index (κ1) is 17.7. The van der Waals surface area contributed by atoms with Crippen LogP contribution in [0.25, 0.3) is 11.4 Å². The molecular weight excluding hydrogens is 341 g/mol. The van der Waals surface area contributed by atoms with Crippen LogP contribution in [-0.2, 0) is 4.79 Å². The average molecular weight is 363 g/mol. The molecule has 0 atom stereocenters. The van der Waals surface area contributed by atoms with Crippen LogP contribution in [0, 0.1) is 5.82 Å². The molecule has 0 bridgehead atoms. The third-order valence-corrected chi connectivity index (χ3v) is 5.54. The van der Waals surface area contributed by atoms with Crippen LogP contribution in [-0.4, -0.2) is 44.5 Å². The van der Waals surface area contributed by atoms with E-state index in [1.165, 1.54) is 47.8 Å². The van der Waals surface area contributed by atoms with Crippen molar-refractivity contribution >= 4 is 17.7 Å². The van der Waals surface area contributed by atoms with Crippen LogP contribution in [0.3, 0.4) is 0 Å². The minimum atomic E-state index is -0.321. The summed E-state index contributed by atoms with van der Waals surface area (Å²) in [5, 5.41) is 8.56. The van der Waals surface area contributed by atoms with Gasteiger partial charge in [0.25, 0.3) is 0 Å². The Kier molecular flexibility index (Phi) is 5.57. The molecule has 6 nitrogen and oxygen atoms in total. The van der Waals surface area contributed by atoms with Crippen LogP contribution < -0.4 is 5.84 Å². The van der Waals surface area contributed by atoms with Gasteiger partial charge in [0.1, 0.15) is 5.82 Å². The van der Waals surface area contributed by atoms with Crippen LogP contribution in [0.2, 0.25) is 0 Å². The molecule has 8 heteroatoms. The van der Waals surface area contributed by atoms with Crippen LogP contribution in [0.15, 0.2) is 29.4 Å². The quantitative estimate of drug-likeness (QED) is 0.653. The first-order valence-corrected chi connectivity index (χ1v) is 9.39.